The molecule has 21 heavy (non-hydrogen) atoms. The van der Waals surface area contributed by atoms with E-state index < -0.39 is 23.0 Å². The van der Waals surface area contributed by atoms with Crippen molar-refractivity contribution in [1.29, 1.82) is 0 Å². The van der Waals surface area contributed by atoms with E-state index in [2.05, 4.69) is 15.1 Å². The molecule has 0 saturated heterocycles. The summed E-state index contributed by atoms with van der Waals surface area (Å²) >= 11 is 0. The van der Waals surface area contributed by atoms with Crippen LogP contribution in [0.3, 0.4) is 0 Å². The van der Waals surface area contributed by atoms with Gasteiger partial charge in [0.2, 0.25) is 5.88 Å². The summed E-state index contributed by atoms with van der Waals surface area (Å²) in [5.74, 6) is -3.42. The minimum absolute atomic E-state index is 0.113. The Hall–Kier alpha value is -2.90. The lowest BCUT2D eigenvalue weighted by atomic mass is 10.0. The van der Waals surface area contributed by atoms with Gasteiger partial charge >= 0.3 is 0 Å². The normalized spacial score (nSPS) is 10.8. The van der Waals surface area contributed by atoms with Crippen molar-refractivity contribution in [1.82, 2.24) is 15.1 Å². The molecule has 2 aromatic heterocycles. The molecule has 0 aliphatic heterocycles. The molecule has 3 aromatic rings. The van der Waals surface area contributed by atoms with Gasteiger partial charge in [-0.1, -0.05) is 5.16 Å². The van der Waals surface area contributed by atoms with Gasteiger partial charge in [-0.05, 0) is 6.07 Å². The highest BCUT2D eigenvalue weighted by atomic mass is 19.1. The standard InChI is InChI=1S/C13H7F3N4O/c14-6-3-7(15)10(8(16)4-6)12-11(13(17)21-20-12)9-1-2-18-5-19-9/h1-5H,17H2. The number of nitrogens with zero attached hydrogens (tertiary/aromatic N) is 3. The Kier molecular flexibility index (Phi) is 3.05. The van der Waals surface area contributed by atoms with Crippen LogP contribution in [-0.2, 0) is 0 Å². The van der Waals surface area contributed by atoms with Crippen molar-refractivity contribution in [2.24, 2.45) is 0 Å². The number of hydrogen-bond donors (Lipinski definition) is 1. The number of rotatable bonds is 2. The topological polar surface area (TPSA) is 77.8 Å². The number of aromatic nitrogens is 3. The van der Waals surface area contributed by atoms with Crippen molar-refractivity contribution in [2.45, 2.75) is 0 Å². The summed E-state index contributed by atoms with van der Waals surface area (Å²) in [6.07, 6.45) is 2.67. The van der Waals surface area contributed by atoms with Crippen molar-refractivity contribution in [3.8, 4) is 22.5 Å². The monoisotopic (exact) mass is 292 g/mol. The van der Waals surface area contributed by atoms with Gasteiger partial charge in [-0.25, -0.2) is 23.1 Å². The van der Waals surface area contributed by atoms with Crippen LogP contribution in [0.1, 0.15) is 0 Å². The lowest BCUT2D eigenvalue weighted by Crippen LogP contribution is -1.96. The summed E-state index contributed by atoms with van der Waals surface area (Å²) in [6, 6.07) is 2.58. The Morgan fingerprint density at radius 3 is 2.38 bits per heavy atom. The van der Waals surface area contributed by atoms with Crippen molar-refractivity contribution in [2.75, 3.05) is 5.73 Å². The fraction of sp³-hybridized carbons (Fsp3) is 0. The summed E-state index contributed by atoms with van der Waals surface area (Å²) in [5, 5.41) is 3.55. The van der Waals surface area contributed by atoms with Gasteiger partial charge in [-0.2, -0.15) is 0 Å². The molecule has 0 amide bonds. The van der Waals surface area contributed by atoms with Gasteiger partial charge in [0, 0.05) is 18.3 Å². The first-order valence-corrected chi connectivity index (χ1v) is 5.74. The largest absolute Gasteiger partial charge is 0.367 e. The Morgan fingerprint density at radius 2 is 1.76 bits per heavy atom. The van der Waals surface area contributed by atoms with Crippen LogP contribution >= 0.6 is 0 Å². The summed E-state index contributed by atoms with van der Waals surface area (Å²) in [4.78, 5) is 7.67. The van der Waals surface area contributed by atoms with Crippen molar-refractivity contribution < 1.29 is 17.7 Å². The van der Waals surface area contributed by atoms with E-state index in [0.29, 0.717) is 12.1 Å². The first kappa shape index (κ1) is 13.1. The molecule has 8 heteroatoms. The van der Waals surface area contributed by atoms with Gasteiger partial charge in [0.25, 0.3) is 0 Å². The number of halogens is 3. The van der Waals surface area contributed by atoms with Crippen LogP contribution in [0.5, 0.6) is 0 Å². The highest BCUT2D eigenvalue weighted by Crippen LogP contribution is 2.37. The Labute approximate surface area is 116 Å². The zero-order valence-corrected chi connectivity index (χ0v) is 10.3. The van der Waals surface area contributed by atoms with E-state index in [0.717, 1.165) is 0 Å². The van der Waals surface area contributed by atoms with Crippen LogP contribution in [0.2, 0.25) is 0 Å². The van der Waals surface area contributed by atoms with Gasteiger partial charge in [-0.3, -0.25) is 0 Å². The average Bonchev–Trinajstić information content (AvgIpc) is 2.80. The van der Waals surface area contributed by atoms with Crippen LogP contribution in [0.25, 0.3) is 22.5 Å². The van der Waals surface area contributed by atoms with Gasteiger partial charge < -0.3 is 10.3 Å². The zero-order chi connectivity index (χ0) is 15.0. The molecule has 0 aliphatic rings. The maximum absolute atomic E-state index is 13.9. The molecule has 5 nitrogen and oxygen atoms in total. The SMILES string of the molecule is Nc1onc(-c2c(F)cc(F)cc2F)c1-c1ccncn1. The van der Waals surface area contributed by atoms with Gasteiger partial charge in [0.1, 0.15) is 29.5 Å². The first-order chi connectivity index (χ1) is 10.1. The van der Waals surface area contributed by atoms with Crippen LogP contribution < -0.4 is 5.73 Å². The van der Waals surface area contributed by atoms with Crippen molar-refractivity contribution >= 4 is 5.88 Å². The lowest BCUT2D eigenvalue weighted by Gasteiger charge is -2.04. The molecule has 1 aromatic carbocycles. The summed E-state index contributed by atoms with van der Waals surface area (Å²) < 4.78 is 45.5. The Morgan fingerprint density at radius 1 is 1.05 bits per heavy atom. The number of nitrogen functional groups attached to an aromatic ring is 1. The fourth-order valence-corrected chi connectivity index (χ4v) is 1.93. The van der Waals surface area contributed by atoms with E-state index in [4.69, 9.17) is 10.3 Å². The van der Waals surface area contributed by atoms with Crippen LogP contribution in [0.4, 0.5) is 19.1 Å². The summed E-state index contributed by atoms with van der Waals surface area (Å²) in [6.45, 7) is 0. The third-order valence-electron chi connectivity index (χ3n) is 2.80. The summed E-state index contributed by atoms with van der Waals surface area (Å²) in [7, 11) is 0. The van der Waals surface area contributed by atoms with E-state index in [1.807, 2.05) is 0 Å². The van der Waals surface area contributed by atoms with Gasteiger partial charge in [-0.15, -0.1) is 0 Å². The molecule has 0 bridgehead atoms. The predicted molar refractivity (Wildman–Crippen MR) is 67.3 cm³/mol. The maximum atomic E-state index is 13.9. The second-order valence-electron chi connectivity index (χ2n) is 4.11. The number of benzene rings is 1. The molecule has 0 unspecified atom stereocenters. The highest BCUT2D eigenvalue weighted by Gasteiger charge is 2.24. The van der Waals surface area contributed by atoms with Crippen LogP contribution in [0, 0.1) is 17.5 Å². The molecule has 0 atom stereocenters. The van der Waals surface area contributed by atoms with E-state index >= 15 is 0 Å². The summed E-state index contributed by atoms with van der Waals surface area (Å²) in [5.41, 5.74) is 5.29. The van der Waals surface area contributed by atoms with Crippen molar-refractivity contribution in [3.05, 3.63) is 48.2 Å². The highest BCUT2D eigenvalue weighted by molar-refractivity contribution is 5.85. The number of nitrogens with two attached hydrogens (primary N) is 1. The van der Waals surface area contributed by atoms with E-state index in [1.165, 1.54) is 18.6 Å². The Bertz CT molecular complexity index is 781. The maximum Gasteiger partial charge on any atom is 0.232 e. The molecular formula is C13H7F3N4O. The Balaban J connectivity index is 2.27. The quantitative estimate of drug-likeness (QED) is 0.785. The number of anilines is 1. The first-order valence-electron chi connectivity index (χ1n) is 5.74. The molecule has 0 radical (unpaired) electrons. The zero-order valence-electron chi connectivity index (χ0n) is 10.3. The van der Waals surface area contributed by atoms with Crippen molar-refractivity contribution in [3.63, 3.8) is 0 Å². The van der Waals surface area contributed by atoms with E-state index in [-0.39, 0.29) is 22.8 Å². The minimum Gasteiger partial charge on any atom is -0.367 e. The minimum atomic E-state index is -1.11. The molecule has 106 valence electrons. The fourth-order valence-electron chi connectivity index (χ4n) is 1.93. The molecule has 0 fully saturated rings. The van der Waals surface area contributed by atoms with Crippen LogP contribution in [-0.4, -0.2) is 15.1 Å². The second-order valence-corrected chi connectivity index (χ2v) is 4.11. The smallest absolute Gasteiger partial charge is 0.232 e. The molecule has 2 heterocycles. The third-order valence-corrected chi connectivity index (χ3v) is 2.80. The molecule has 3 rings (SSSR count). The lowest BCUT2D eigenvalue weighted by molar-refractivity contribution is 0.437. The molecule has 0 spiro atoms. The van der Waals surface area contributed by atoms with E-state index in [1.54, 1.807) is 0 Å². The average molecular weight is 292 g/mol. The number of hydrogen-bond acceptors (Lipinski definition) is 5. The van der Waals surface area contributed by atoms with Gasteiger partial charge in [0.15, 0.2) is 0 Å². The second kappa shape index (κ2) is 4.89. The molecule has 0 saturated carbocycles. The molecular weight excluding hydrogens is 285 g/mol. The molecule has 0 aliphatic carbocycles. The molecule has 2 N–H and O–H groups in total. The van der Waals surface area contributed by atoms with Gasteiger partial charge in [0.05, 0.1) is 16.8 Å². The predicted octanol–water partition coefficient (Wildman–Crippen LogP) is 2.80. The third kappa shape index (κ3) is 2.20. The van der Waals surface area contributed by atoms with E-state index in [9.17, 15) is 13.2 Å². The van der Waals surface area contributed by atoms with Crippen LogP contribution in [0.15, 0.2) is 35.2 Å².